The van der Waals surface area contributed by atoms with E-state index in [1.807, 2.05) is 23.5 Å². The lowest BCUT2D eigenvalue weighted by Gasteiger charge is -2.00. The molecule has 2 rings (SSSR count). The number of anilines is 1. The largest absolute Gasteiger partial charge is 0.399 e. The van der Waals surface area contributed by atoms with E-state index in [1.54, 1.807) is 11.8 Å². The molecule has 1 nitrogen and oxygen atoms in total. The summed E-state index contributed by atoms with van der Waals surface area (Å²) in [7, 11) is 0. The molecular formula is C10H11NS2. The molecule has 0 aliphatic rings. The van der Waals surface area contributed by atoms with Crippen LogP contribution in [0.25, 0.3) is 10.1 Å². The number of rotatable bonds is 1. The van der Waals surface area contributed by atoms with Crippen LogP contribution in [0.1, 0.15) is 4.88 Å². The van der Waals surface area contributed by atoms with Crippen molar-refractivity contribution in [1.29, 1.82) is 0 Å². The molecule has 0 aliphatic heterocycles. The van der Waals surface area contributed by atoms with Crippen molar-refractivity contribution in [3.63, 3.8) is 0 Å². The highest BCUT2D eigenvalue weighted by Crippen LogP contribution is 2.35. The number of benzene rings is 1. The average molecular weight is 209 g/mol. The monoisotopic (exact) mass is 209 g/mol. The molecule has 0 aliphatic carbocycles. The van der Waals surface area contributed by atoms with E-state index < -0.39 is 0 Å². The van der Waals surface area contributed by atoms with Gasteiger partial charge in [-0.2, -0.15) is 0 Å². The highest BCUT2D eigenvalue weighted by atomic mass is 32.2. The van der Waals surface area contributed by atoms with Crippen LogP contribution in [0.5, 0.6) is 0 Å². The van der Waals surface area contributed by atoms with Gasteiger partial charge >= 0.3 is 0 Å². The summed E-state index contributed by atoms with van der Waals surface area (Å²) in [6.07, 6.45) is 2.09. The van der Waals surface area contributed by atoms with Crippen LogP contribution < -0.4 is 5.73 Å². The number of nitrogen functional groups attached to an aromatic ring is 1. The first-order chi connectivity index (χ1) is 6.20. The number of hydrogen-bond donors (Lipinski definition) is 1. The van der Waals surface area contributed by atoms with Gasteiger partial charge < -0.3 is 5.73 Å². The van der Waals surface area contributed by atoms with E-state index in [2.05, 4.69) is 19.2 Å². The van der Waals surface area contributed by atoms with E-state index in [9.17, 15) is 0 Å². The molecule has 2 N–H and O–H groups in total. The summed E-state index contributed by atoms with van der Waals surface area (Å²) in [5, 5.41) is 1.27. The fraction of sp³-hybridized carbons (Fsp3) is 0.200. The fourth-order valence-electron chi connectivity index (χ4n) is 1.42. The van der Waals surface area contributed by atoms with E-state index in [4.69, 9.17) is 5.73 Å². The van der Waals surface area contributed by atoms with Crippen LogP contribution in [-0.2, 0) is 0 Å². The maximum absolute atomic E-state index is 5.80. The van der Waals surface area contributed by atoms with E-state index >= 15 is 0 Å². The Balaban J connectivity index is 2.80. The molecule has 0 fully saturated rings. The lowest BCUT2D eigenvalue weighted by Crippen LogP contribution is -1.83. The van der Waals surface area contributed by atoms with E-state index in [-0.39, 0.29) is 0 Å². The van der Waals surface area contributed by atoms with Gasteiger partial charge in [-0.15, -0.1) is 23.1 Å². The second-order valence-electron chi connectivity index (χ2n) is 3.00. The zero-order valence-corrected chi connectivity index (χ0v) is 9.26. The minimum absolute atomic E-state index is 0.856. The van der Waals surface area contributed by atoms with Gasteiger partial charge in [0.1, 0.15) is 0 Å². The van der Waals surface area contributed by atoms with Crippen LogP contribution in [-0.4, -0.2) is 6.26 Å². The molecule has 0 saturated carbocycles. The Morgan fingerprint density at radius 1 is 1.31 bits per heavy atom. The van der Waals surface area contributed by atoms with Gasteiger partial charge in [-0.3, -0.25) is 0 Å². The molecule has 1 aromatic carbocycles. The quantitative estimate of drug-likeness (QED) is 0.574. The summed E-state index contributed by atoms with van der Waals surface area (Å²) in [5.74, 6) is 0. The molecule has 0 bridgehead atoms. The van der Waals surface area contributed by atoms with Crippen molar-refractivity contribution in [2.24, 2.45) is 0 Å². The lowest BCUT2D eigenvalue weighted by atomic mass is 10.2. The molecule has 0 atom stereocenters. The van der Waals surface area contributed by atoms with E-state index in [0.29, 0.717) is 0 Å². The zero-order chi connectivity index (χ0) is 9.42. The minimum atomic E-state index is 0.856. The zero-order valence-electron chi connectivity index (χ0n) is 7.63. The van der Waals surface area contributed by atoms with Crippen molar-refractivity contribution in [2.45, 2.75) is 11.8 Å². The summed E-state index contributed by atoms with van der Waals surface area (Å²) >= 11 is 3.59. The summed E-state index contributed by atoms with van der Waals surface area (Å²) in [6, 6.07) is 6.28. The minimum Gasteiger partial charge on any atom is -0.399 e. The van der Waals surface area contributed by atoms with Crippen molar-refractivity contribution < 1.29 is 0 Å². The molecule has 0 radical (unpaired) electrons. The summed E-state index contributed by atoms with van der Waals surface area (Å²) in [4.78, 5) is 2.63. The maximum atomic E-state index is 5.80. The standard InChI is InChI=1S/C10H11NS2/c1-6-3-7-4-8(11)5-9(12-2)10(7)13-6/h3-5H,11H2,1-2H3. The van der Waals surface area contributed by atoms with Gasteiger partial charge in [-0.1, -0.05) is 0 Å². The second-order valence-corrected chi connectivity index (χ2v) is 5.10. The lowest BCUT2D eigenvalue weighted by molar-refractivity contribution is 1.58. The van der Waals surface area contributed by atoms with Crippen molar-refractivity contribution in [1.82, 2.24) is 0 Å². The van der Waals surface area contributed by atoms with Gasteiger partial charge in [-0.25, -0.2) is 0 Å². The Bertz CT molecular complexity index is 445. The normalized spacial score (nSPS) is 10.9. The van der Waals surface area contributed by atoms with Gasteiger partial charge in [0, 0.05) is 20.2 Å². The first-order valence-corrected chi connectivity index (χ1v) is 6.08. The number of nitrogens with two attached hydrogens (primary N) is 1. The van der Waals surface area contributed by atoms with Crippen molar-refractivity contribution >= 4 is 38.9 Å². The molecule has 1 heterocycles. The smallest absolute Gasteiger partial charge is 0.0482 e. The highest BCUT2D eigenvalue weighted by molar-refractivity contribution is 7.99. The third-order valence-corrected chi connectivity index (χ3v) is 3.94. The van der Waals surface area contributed by atoms with Gasteiger partial charge in [-0.05, 0) is 36.8 Å². The Kier molecular flexibility index (Phi) is 2.22. The van der Waals surface area contributed by atoms with Crippen molar-refractivity contribution in [3.05, 3.63) is 23.1 Å². The summed E-state index contributed by atoms with van der Waals surface area (Å²) in [6.45, 7) is 2.13. The highest BCUT2D eigenvalue weighted by Gasteiger charge is 2.04. The maximum Gasteiger partial charge on any atom is 0.0482 e. The molecule has 1 aromatic heterocycles. The number of thioether (sulfide) groups is 1. The van der Waals surface area contributed by atoms with E-state index in [1.165, 1.54) is 19.9 Å². The SMILES string of the molecule is CSc1cc(N)cc2cc(C)sc12. The van der Waals surface area contributed by atoms with Crippen molar-refractivity contribution in [3.8, 4) is 0 Å². The Labute approximate surface area is 85.9 Å². The number of fused-ring (bicyclic) bond motifs is 1. The summed E-state index contributed by atoms with van der Waals surface area (Å²) in [5.41, 5.74) is 6.66. The van der Waals surface area contributed by atoms with Gasteiger partial charge in [0.15, 0.2) is 0 Å². The predicted octanol–water partition coefficient (Wildman–Crippen LogP) is 3.51. The molecule has 13 heavy (non-hydrogen) atoms. The molecule has 0 amide bonds. The predicted molar refractivity (Wildman–Crippen MR) is 62.8 cm³/mol. The molecule has 0 spiro atoms. The Morgan fingerprint density at radius 2 is 2.08 bits per heavy atom. The van der Waals surface area contributed by atoms with Crippen LogP contribution in [0.3, 0.4) is 0 Å². The molecular weight excluding hydrogens is 198 g/mol. The third-order valence-electron chi connectivity index (χ3n) is 1.95. The van der Waals surface area contributed by atoms with Gasteiger partial charge in [0.2, 0.25) is 0 Å². The van der Waals surface area contributed by atoms with Crippen LogP contribution in [0.2, 0.25) is 0 Å². The van der Waals surface area contributed by atoms with E-state index in [0.717, 1.165) is 5.69 Å². The first-order valence-electron chi connectivity index (χ1n) is 4.04. The topological polar surface area (TPSA) is 26.0 Å². The molecule has 2 aromatic rings. The second kappa shape index (κ2) is 3.24. The number of aryl methyl sites for hydroxylation is 1. The molecule has 68 valence electrons. The first kappa shape index (κ1) is 8.91. The van der Waals surface area contributed by atoms with Crippen LogP contribution >= 0.6 is 23.1 Å². The number of thiophene rings is 1. The summed E-state index contributed by atoms with van der Waals surface area (Å²) < 4.78 is 1.36. The molecule has 0 unspecified atom stereocenters. The van der Waals surface area contributed by atoms with Gasteiger partial charge in [0.25, 0.3) is 0 Å². The van der Waals surface area contributed by atoms with Crippen molar-refractivity contribution in [2.75, 3.05) is 12.0 Å². The van der Waals surface area contributed by atoms with Crippen LogP contribution in [0.4, 0.5) is 5.69 Å². The average Bonchev–Trinajstić information content (AvgIpc) is 2.43. The molecule has 0 saturated heterocycles. The third kappa shape index (κ3) is 1.54. The van der Waals surface area contributed by atoms with Crippen LogP contribution in [0, 0.1) is 6.92 Å². The van der Waals surface area contributed by atoms with Gasteiger partial charge in [0.05, 0.1) is 0 Å². The number of hydrogen-bond acceptors (Lipinski definition) is 3. The fourth-order valence-corrected chi connectivity index (χ4v) is 3.26. The Hall–Kier alpha value is -0.670. The Morgan fingerprint density at radius 3 is 2.77 bits per heavy atom. The van der Waals surface area contributed by atoms with Crippen LogP contribution in [0.15, 0.2) is 23.1 Å². The molecule has 3 heteroatoms.